The summed E-state index contributed by atoms with van der Waals surface area (Å²) in [7, 11) is 1.04. The van der Waals surface area contributed by atoms with E-state index < -0.39 is 10.8 Å². The van der Waals surface area contributed by atoms with Crippen molar-refractivity contribution in [2.75, 3.05) is 19.3 Å². The third-order valence-electron chi connectivity index (χ3n) is 2.98. The second-order valence-electron chi connectivity index (χ2n) is 4.25. The molecule has 1 fully saturated rings. The summed E-state index contributed by atoms with van der Waals surface area (Å²) in [6.07, 6.45) is 4.00. The van der Waals surface area contributed by atoms with Gasteiger partial charge in [-0.2, -0.15) is 0 Å². The van der Waals surface area contributed by atoms with E-state index in [9.17, 15) is 9.00 Å². The molecule has 1 amide bonds. The zero-order valence-corrected chi connectivity index (χ0v) is 10.9. The van der Waals surface area contributed by atoms with Gasteiger partial charge in [-0.15, -0.1) is 0 Å². The van der Waals surface area contributed by atoms with E-state index in [2.05, 4.69) is 10.6 Å². The van der Waals surface area contributed by atoms with Crippen LogP contribution in [0.25, 0.3) is 0 Å². The number of carbonyl (C=O) groups is 1. The minimum Gasteiger partial charge on any atom is -0.352 e. The lowest BCUT2D eigenvalue weighted by molar-refractivity contribution is -0.121. The van der Waals surface area contributed by atoms with Gasteiger partial charge in [0.15, 0.2) is 0 Å². The van der Waals surface area contributed by atoms with Crippen LogP contribution in [0, 0.1) is 0 Å². The second-order valence-corrected chi connectivity index (χ2v) is 6.26. The van der Waals surface area contributed by atoms with E-state index in [1.165, 1.54) is 0 Å². The van der Waals surface area contributed by atoms with E-state index in [1.54, 1.807) is 7.05 Å². The molecule has 0 heterocycles. The van der Waals surface area contributed by atoms with Crippen LogP contribution < -0.4 is 10.6 Å². The summed E-state index contributed by atoms with van der Waals surface area (Å²) in [5, 5.41) is 6.10. The first-order valence-electron chi connectivity index (χ1n) is 5.98. The minimum absolute atomic E-state index is 0.0374. The van der Waals surface area contributed by atoms with Crippen LogP contribution in [0.4, 0.5) is 0 Å². The number of hydrogen-bond acceptors (Lipinski definition) is 3. The van der Waals surface area contributed by atoms with Gasteiger partial charge in [0.05, 0.1) is 6.54 Å². The molecule has 0 aromatic rings. The van der Waals surface area contributed by atoms with Crippen LogP contribution in [0.15, 0.2) is 0 Å². The van der Waals surface area contributed by atoms with E-state index in [0.29, 0.717) is 6.54 Å². The van der Waals surface area contributed by atoms with E-state index >= 15 is 0 Å². The molecule has 0 aromatic heterocycles. The molecule has 0 aliphatic heterocycles. The predicted octanol–water partition coefficient (Wildman–Crippen LogP) is 0.402. The molecule has 1 rings (SSSR count). The van der Waals surface area contributed by atoms with Crippen LogP contribution in [0.1, 0.15) is 32.6 Å². The van der Waals surface area contributed by atoms with Crippen molar-refractivity contribution in [3.63, 3.8) is 0 Å². The Morgan fingerprint density at radius 1 is 1.44 bits per heavy atom. The van der Waals surface area contributed by atoms with Gasteiger partial charge in [-0.3, -0.25) is 9.00 Å². The Kier molecular flexibility index (Phi) is 5.98. The van der Waals surface area contributed by atoms with E-state index in [0.717, 1.165) is 31.4 Å². The first-order valence-corrected chi connectivity index (χ1v) is 7.36. The molecule has 0 bridgehead atoms. The lowest BCUT2D eigenvalue weighted by atomic mass is 9.95. The molecule has 94 valence electrons. The van der Waals surface area contributed by atoms with E-state index in [4.69, 9.17) is 0 Å². The monoisotopic (exact) mass is 246 g/mol. The molecular weight excluding hydrogens is 224 g/mol. The zero-order chi connectivity index (χ0) is 12.0. The first kappa shape index (κ1) is 13.6. The SMILES string of the molecule is CCS(=O)C1CCCC(NC(=O)CNC)C1. The van der Waals surface area contributed by atoms with Gasteiger partial charge in [-0.25, -0.2) is 0 Å². The highest BCUT2D eigenvalue weighted by molar-refractivity contribution is 7.85. The summed E-state index contributed by atoms with van der Waals surface area (Å²) in [6.45, 7) is 2.32. The van der Waals surface area contributed by atoms with Crippen molar-refractivity contribution in [3.05, 3.63) is 0 Å². The van der Waals surface area contributed by atoms with Gasteiger partial charge in [0, 0.05) is 27.8 Å². The summed E-state index contributed by atoms with van der Waals surface area (Å²) in [5.74, 6) is 0.761. The first-order chi connectivity index (χ1) is 7.67. The summed E-state index contributed by atoms with van der Waals surface area (Å²) in [4.78, 5) is 11.4. The second kappa shape index (κ2) is 7.01. The molecular formula is C11H22N2O2S. The largest absolute Gasteiger partial charge is 0.352 e. The van der Waals surface area contributed by atoms with Gasteiger partial charge < -0.3 is 10.6 Å². The predicted molar refractivity (Wildman–Crippen MR) is 66.8 cm³/mol. The van der Waals surface area contributed by atoms with Gasteiger partial charge in [-0.1, -0.05) is 13.3 Å². The normalized spacial score (nSPS) is 27.4. The number of rotatable bonds is 5. The maximum Gasteiger partial charge on any atom is 0.234 e. The minimum atomic E-state index is -0.720. The maximum atomic E-state index is 11.7. The quantitative estimate of drug-likeness (QED) is 0.738. The fourth-order valence-corrected chi connectivity index (χ4v) is 3.54. The number of carbonyl (C=O) groups excluding carboxylic acids is 1. The highest BCUT2D eigenvalue weighted by Gasteiger charge is 2.26. The Labute approximate surface area is 100 Å². The third kappa shape index (κ3) is 4.22. The van der Waals surface area contributed by atoms with Crippen molar-refractivity contribution in [3.8, 4) is 0 Å². The van der Waals surface area contributed by atoms with Gasteiger partial charge >= 0.3 is 0 Å². The topological polar surface area (TPSA) is 58.2 Å². The van der Waals surface area contributed by atoms with Crippen LogP contribution in [-0.4, -0.2) is 40.8 Å². The lowest BCUT2D eigenvalue weighted by Gasteiger charge is -2.29. The summed E-state index contributed by atoms with van der Waals surface area (Å²) >= 11 is 0. The number of amides is 1. The Morgan fingerprint density at radius 2 is 2.19 bits per heavy atom. The summed E-state index contributed by atoms with van der Waals surface area (Å²) in [5.41, 5.74) is 0. The highest BCUT2D eigenvalue weighted by atomic mass is 32.2. The van der Waals surface area contributed by atoms with Gasteiger partial charge in [0.2, 0.25) is 5.91 Å². The Balaban J connectivity index is 2.38. The van der Waals surface area contributed by atoms with Gasteiger partial charge in [0.25, 0.3) is 0 Å². The van der Waals surface area contributed by atoms with Crippen molar-refractivity contribution in [1.82, 2.24) is 10.6 Å². The highest BCUT2D eigenvalue weighted by Crippen LogP contribution is 2.22. The smallest absolute Gasteiger partial charge is 0.234 e. The van der Waals surface area contributed by atoms with Crippen molar-refractivity contribution in [2.24, 2.45) is 0 Å². The van der Waals surface area contributed by atoms with Gasteiger partial charge in [-0.05, 0) is 26.3 Å². The van der Waals surface area contributed by atoms with Crippen molar-refractivity contribution in [2.45, 2.75) is 43.9 Å². The summed E-state index contributed by atoms with van der Waals surface area (Å²) in [6, 6.07) is 0.218. The molecule has 1 saturated carbocycles. The maximum absolute atomic E-state index is 11.7. The molecule has 0 saturated heterocycles. The van der Waals surface area contributed by atoms with Gasteiger partial charge in [0.1, 0.15) is 0 Å². The number of nitrogens with one attached hydrogen (secondary N) is 2. The molecule has 0 aromatic carbocycles. The molecule has 16 heavy (non-hydrogen) atoms. The lowest BCUT2D eigenvalue weighted by Crippen LogP contribution is -2.43. The van der Waals surface area contributed by atoms with E-state index in [-0.39, 0.29) is 17.2 Å². The van der Waals surface area contributed by atoms with Crippen molar-refractivity contribution < 1.29 is 9.00 Å². The number of hydrogen-bond donors (Lipinski definition) is 2. The molecule has 0 spiro atoms. The van der Waals surface area contributed by atoms with Crippen LogP contribution in [0.3, 0.4) is 0 Å². The zero-order valence-electron chi connectivity index (χ0n) is 10.1. The molecule has 3 unspecified atom stereocenters. The molecule has 3 atom stereocenters. The fourth-order valence-electron chi connectivity index (χ4n) is 2.19. The molecule has 4 nitrogen and oxygen atoms in total. The molecule has 1 aliphatic rings. The van der Waals surface area contributed by atoms with Crippen LogP contribution in [0.5, 0.6) is 0 Å². The Hall–Kier alpha value is -0.420. The standard InChI is InChI=1S/C11H22N2O2S/c1-3-16(15)10-6-4-5-9(7-10)13-11(14)8-12-2/h9-10,12H,3-8H2,1-2H3,(H,13,14). The average Bonchev–Trinajstić information content (AvgIpc) is 2.28. The number of likely N-dealkylation sites (N-methyl/N-ethyl adjacent to an activating group) is 1. The van der Waals surface area contributed by atoms with Crippen LogP contribution >= 0.6 is 0 Å². The molecule has 1 aliphatic carbocycles. The van der Waals surface area contributed by atoms with Crippen molar-refractivity contribution in [1.29, 1.82) is 0 Å². The van der Waals surface area contributed by atoms with Crippen LogP contribution in [0.2, 0.25) is 0 Å². The molecule has 0 radical (unpaired) electrons. The molecule has 2 N–H and O–H groups in total. The summed E-state index contributed by atoms with van der Waals surface area (Å²) < 4.78 is 11.7. The third-order valence-corrected chi connectivity index (χ3v) is 4.73. The fraction of sp³-hybridized carbons (Fsp3) is 0.909. The average molecular weight is 246 g/mol. The Bertz CT molecular complexity index is 258. The Morgan fingerprint density at radius 3 is 2.81 bits per heavy atom. The van der Waals surface area contributed by atoms with E-state index in [1.807, 2.05) is 6.92 Å². The van der Waals surface area contributed by atoms with Crippen molar-refractivity contribution >= 4 is 16.7 Å². The molecule has 5 heteroatoms. The van der Waals surface area contributed by atoms with Crippen LogP contribution in [-0.2, 0) is 15.6 Å².